The summed E-state index contributed by atoms with van der Waals surface area (Å²) in [5, 5.41) is 9.56. The van der Waals surface area contributed by atoms with Crippen molar-refractivity contribution >= 4 is 11.6 Å². The Labute approximate surface area is 135 Å². The molecule has 1 aliphatic heterocycles. The van der Waals surface area contributed by atoms with E-state index in [1.165, 1.54) is 24.0 Å². The lowest BCUT2D eigenvalue weighted by atomic mass is 9.89. The lowest BCUT2D eigenvalue weighted by Gasteiger charge is -2.16. The van der Waals surface area contributed by atoms with Gasteiger partial charge in [0.15, 0.2) is 11.5 Å². The van der Waals surface area contributed by atoms with Crippen LogP contribution in [0.5, 0.6) is 11.5 Å². The van der Waals surface area contributed by atoms with E-state index in [2.05, 4.69) is 24.3 Å². The van der Waals surface area contributed by atoms with Crippen LogP contribution >= 0.6 is 0 Å². The number of benzene rings is 2. The largest absolute Gasteiger partial charge is 0.454 e. The van der Waals surface area contributed by atoms with Gasteiger partial charge >= 0.3 is 0 Å². The van der Waals surface area contributed by atoms with Gasteiger partial charge in [-0.3, -0.25) is 0 Å². The highest BCUT2D eigenvalue weighted by atomic mass is 16.7. The van der Waals surface area contributed by atoms with Gasteiger partial charge in [-0.1, -0.05) is 24.3 Å². The maximum absolute atomic E-state index is 9.56. The summed E-state index contributed by atoms with van der Waals surface area (Å²) in [4.78, 5) is 0. The van der Waals surface area contributed by atoms with Crippen molar-refractivity contribution < 1.29 is 9.47 Å². The molecule has 0 saturated heterocycles. The molecule has 114 valence electrons. The van der Waals surface area contributed by atoms with Crippen LogP contribution < -0.4 is 9.47 Å². The van der Waals surface area contributed by atoms with Crippen LogP contribution in [0.1, 0.15) is 35.1 Å². The predicted molar refractivity (Wildman–Crippen MR) is 89.1 cm³/mol. The standard InChI is InChI=1S/C20H17NO2/c21-12-18(9-14-5-8-19-20(10-14)23-13-22-19)17-7-6-15-3-1-2-4-16(15)11-17/h5-11H,1-4,13H2/b18-9+. The molecule has 1 heterocycles. The number of aryl methyl sites for hydroxylation is 2. The van der Waals surface area contributed by atoms with E-state index in [1.807, 2.05) is 24.3 Å². The summed E-state index contributed by atoms with van der Waals surface area (Å²) in [7, 11) is 0. The van der Waals surface area contributed by atoms with Gasteiger partial charge in [0.1, 0.15) is 0 Å². The van der Waals surface area contributed by atoms with Crippen molar-refractivity contribution in [3.63, 3.8) is 0 Å². The molecule has 0 spiro atoms. The molecule has 0 atom stereocenters. The molecule has 2 aromatic carbocycles. The zero-order chi connectivity index (χ0) is 15.6. The average molecular weight is 303 g/mol. The minimum atomic E-state index is 0.262. The van der Waals surface area contributed by atoms with E-state index in [1.54, 1.807) is 0 Å². The van der Waals surface area contributed by atoms with E-state index in [9.17, 15) is 5.26 Å². The summed E-state index contributed by atoms with van der Waals surface area (Å²) < 4.78 is 10.7. The van der Waals surface area contributed by atoms with E-state index in [0.717, 1.165) is 35.5 Å². The molecular formula is C20H17NO2. The second-order valence-electron chi connectivity index (χ2n) is 5.97. The summed E-state index contributed by atoms with van der Waals surface area (Å²) >= 11 is 0. The molecule has 1 aliphatic carbocycles. The van der Waals surface area contributed by atoms with Gasteiger partial charge in [0.2, 0.25) is 6.79 Å². The zero-order valence-corrected chi connectivity index (χ0v) is 12.8. The van der Waals surface area contributed by atoms with Gasteiger partial charge in [-0.2, -0.15) is 5.26 Å². The molecule has 0 aromatic heterocycles. The molecule has 0 bridgehead atoms. The topological polar surface area (TPSA) is 42.2 Å². The molecular weight excluding hydrogens is 286 g/mol. The molecule has 4 rings (SSSR count). The lowest BCUT2D eigenvalue weighted by molar-refractivity contribution is 0.174. The summed E-state index contributed by atoms with van der Waals surface area (Å²) in [5.41, 5.74) is 5.44. The van der Waals surface area contributed by atoms with Crippen LogP contribution in [-0.4, -0.2) is 6.79 Å². The van der Waals surface area contributed by atoms with Crippen molar-refractivity contribution in [2.24, 2.45) is 0 Å². The van der Waals surface area contributed by atoms with Crippen molar-refractivity contribution in [2.75, 3.05) is 6.79 Å². The van der Waals surface area contributed by atoms with Gasteiger partial charge < -0.3 is 9.47 Å². The summed E-state index contributed by atoms with van der Waals surface area (Å²) in [5.74, 6) is 1.50. The highest BCUT2D eigenvalue weighted by Gasteiger charge is 2.14. The Bertz CT molecular complexity index is 830. The van der Waals surface area contributed by atoms with Crippen LogP contribution in [0.2, 0.25) is 0 Å². The Morgan fingerprint density at radius 2 is 1.78 bits per heavy atom. The van der Waals surface area contributed by atoms with Crippen LogP contribution in [-0.2, 0) is 12.8 Å². The minimum Gasteiger partial charge on any atom is -0.454 e. The SMILES string of the molecule is N#C/C(=C\c1ccc2c(c1)OCO2)c1ccc2c(c1)CCCC2. The number of nitrogens with zero attached hydrogens (tertiary/aromatic N) is 1. The molecule has 3 nitrogen and oxygen atoms in total. The monoisotopic (exact) mass is 303 g/mol. The van der Waals surface area contributed by atoms with Gasteiger partial charge in [-0.15, -0.1) is 0 Å². The number of hydrogen-bond donors (Lipinski definition) is 0. The molecule has 2 aromatic rings. The quantitative estimate of drug-likeness (QED) is 0.611. The average Bonchev–Trinajstić information content (AvgIpc) is 3.07. The summed E-state index contributed by atoms with van der Waals surface area (Å²) in [6, 6.07) is 14.5. The normalized spacial score (nSPS) is 15.9. The minimum absolute atomic E-state index is 0.262. The molecule has 0 radical (unpaired) electrons. The fourth-order valence-corrected chi connectivity index (χ4v) is 3.25. The molecule has 0 N–H and O–H groups in total. The Balaban J connectivity index is 1.70. The van der Waals surface area contributed by atoms with E-state index >= 15 is 0 Å². The highest BCUT2D eigenvalue weighted by Crippen LogP contribution is 2.34. The van der Waals surface area contributed by atoms with Crippen molar-refractivity contribution in [3.8, 4) is 17.6 Å². The Hall–Kier alpha value is -2.73. The maximum atomic E-state index is 9.56. The van der Waals surface area contributed by atoms with Crippen molar-refractivity contribution in [1.29, 1.82) is 5.26 Å². The molecule has 0 amide bonds. The molecule has 23 heavy (non-hydrogen) atoms. The number of nitriles is 1. The second kappa shape index (κ2) is 5.81. The number of ether oxygens (including phenoxy) is 2. The van der Waals surface area contributed by atoms with E-state index in [0.29, 0.717) is 5.57 Å². The van der Waals surface area contributed by atoms with E-state index in [4.69, 9.17) is 9.47 Å². The van der Waals surface area contributed by atoms with Crippen molar-refractivity contribution in [2.45, 2.75) is 25.7 Å². The van der Waals surface area contributed by atoms with Crippen LogP contribution in [0.15, 0.2) is 36.4 Å². The van der Waals surface area contributed by atoms with Gasteiger partial charge in [0.25, 0.3) is 0 Å². The molecule has 0 saturated carbocycles. The van der Waals surface area contributed by atoms with E-state index < -0.39 is 0 Å². The van der Waals surface area contributed by atoms with Crippen molar-refractivity contribution in [1.82, 2.24) is 0 Å². The zero-order valence-electron chi connectivity index (χ0n) is 12.8. The molecule has 0 unspecified atom stereocenters. The Morgan fingerprint density at radius 3 is 2.65 bits per heavy atom. The maximum Gasteiger partial charge on any atom is 0.231 e. The number of allylic oxidation sites excluding steroid dienone is 1. The second-order valence-corrected chi connectivity index (χ2v) is 5.97. The Morgan fingerprint density at radius 1 is 0.957 bits per heavy atom. The summed E-state index contributed by atoms with van der Waals surface area (Å²) in [6.07, 6.45) is 6.69. The van der Waals surface area contributed by atoms with Gasteiger partial charge in [0.05, 0.1) is 11.6 Å². The first kappa shape index (κ1) is 13.9. The number of hydrogen-bond acceptors (Lipinski definition) is 3. The molecule has 0 fully saturated rings. The van der Waals surface area contributed by atoms with Crippen LogP contribution in [0, 0.1) is 11.3 Å². The fraction of sp³-hybridized carbons (Fsp3) is 0.250. The first-order chi connectivity index (χ1) is 11.3. The lowest BCUT2D eigenvalue weighted by Crippen LogP contribution is -2.02. The van der Waals surface area contributed by atoms with Gasteiger partial charge in [-0.25, -0.2) is 0 Å². The highest BCUT2D eigenvalue weighted by molar-refractivity contribution is 5.90. The van der Waals surface area contributed by atoms with Gasteiger partial charge in [0, 0.05) is 0 Å². The van der Waals surface area contributed by atoms with Crippen LogP contribution in [0.25, 0.3) is 11.6 Å². The number of fused-ring (bicyclic) bond motifs is 2. The van der Waals surface area contributed by atoms with Crippen LogP contribution in [0.4, 0.5) is 0 Å². The van der Waals surface area contributed by atoms with Crippen molar-refractivity contribution in [3.05, 3.63) is 58.7 Å². The first-order valence-corrected chi connectivity index (χ1v) is 7.97. The third-order valence-electron chi connectivity index (χ3n) is 4.49. The van der Waals surface area contributed by atoms with Crippen LogP contribution in [0.3, 0.4) is 0 Å². The number of rotatable bonds is 2. The molecule has 3 heteroatoms. The third-order valence-corrected chi connectivity index (χ3v) is 4.49. The smallest absolute Gasteiger partial charge is 0.231 e. The summed E-state index contributed by atoms with van der Waals surface area (Å²) in [6.45, 7) is 0.262. The predicted octanol–water partition coefficient (Wildman–Crippen LogP) is 4.36. The van der Waals surface area contributed by atoms with Gasteiger partial charge in [-0.05, 0) is 66.1 Å². The molecule has 2 aliphatic rings. The van der Waals surface area contributed by atoms with E-state index in [-0.39, 0.29) is 6.79 Å². The first-order valence-electron chi connectivity index (χ1n) is 7.97. The Kier molecular flexibility index (Phi) is 3.51. The fourth-order valence-electron chi connectivity index (χ4n) is 3.25. The third kappa shape index (κ3) is 2.68.